The van der Waals surface area contributed by atoms with Crippen LogP contribution in [-0.2, 0) is 21.7 Å². The van der Waals surface area contributed by atoms with E-state index in [4.69, 9.17) is 41.9 Å². The summed E-state index contributed by atoms with van der Waals surface area (Å²) in [6.45, 7) is 0. The second kappa shape index (κ2) is 17.9. The van der Waals surface area contributed by atoms with E-state index in [1.54, 1.807) is 72.8 Å². The van der Waals surface area contributed by atoms with Gasteiger partial charge < -0.3 is 62.3 Å². The first kappa shape index (κ1) is 49.6. The van der Waals surface area contributed by atoms with Gasteiger partial charge in [0, 0.05) is 24.3 Å². The summed E-state index contributed by atoms with van der Waals surface area (Å²) in [5, 5.41) is 41.6. The van der Waals surface area contributed by atoms with Gasteiger partial charge in [-0.25, -0.2) is 0 Å². The summed E-state index contributed by atoms with van der Waals surface area (Å²) in [6.07, 6.45) is 13.4. The predicted molar refractivity (Wildman–Crippen MR) is 310 cm³/mol. The van der Waals surface area contributed by atoms with Crippen molar-refractivity contribution in [1.82, 2.24) is 0 Å². The van der Waals surface area contributed by atoms with Crippen LogP contribution in [0.2, 0.25) is 0 Å². The zero-order valence-electron chi connectivity index (χ0n) is 44.5. The number of benzene rings is 8. The molecule has 80 heavy (non-hydrogen) atoms. The fourth-order valence-electron chi connectivity index (χ4n) is 17.7. The zero-order chi connectivity index (χ0) is 54.8. The third kappa shape index (κ3) is 8.24. The minimum atomic E-state index is -0.108. The lowest BCUT2D eigenvalue weighted by Gasteiger charge is -2.77. The predicted octanol–water partition coefficient (Wildman–Crippen LogP) is 15.0. The summed E-state index contributed by atoms with van der Waals surface area (Å²) < 4.78 is 25.3. The highest BCUT2D eigenvalue weighted by atomic mass is 16.5. The normalized spacial score (nSPS) is 28.6. The molecule has 12 N–H and O–H groups in total. The van der Waals surface area contributed by atoms with Gasteiger partial charge in [-0.05, 0) is 241 Å². The molecule has 16 rings (SSSR count). The molecular weight excluding hydrogens is 1000 g/mol. The lowest BCUT2D eigenvalue weighted by Crippen LogP contribution is -2.70. The van der Waals surface area contributed by atoms with Gasteiger partial charge in [0.05, 0.1) is 22.7 Å². The van der Waals surface area contributed by atoms with Crippen molar-refractivity contribution in [3.63, 3.8) is 0 Å². The first-order valence-electron chi connectivity index (χ1n) is 28.0. The molecule has 4 unspecified atom stereocenters. The summed E-state index contributed by atoms with van der Waals surface area (Å²) in [7, 11) is 0. The zero-order valence-corrected chi connectivity index (χ0v) is 44.5. The molecule has 8 aromatic carbocycles. The molecule has 0 spiro atoms. The molecule has 0 heterocycles. The number of hydrogen-bond donors (Lipinski definition) is 8. The molecule has 8 aliphatic carbocycles. The van der Waals surface area contributed by atoms with E-state index in [2.05, 4.69) is 97.1 Å². The second-order valence-corrected chi connectivity index (χ2v) is 25.1. The van der Waals surface area contributed by atoms with Crippen molar-refractivity contribution in [2.75, 3.05) is 22.9 Å². The summed E-state index contributed by atoms with van der Waals surface area (Å²) in [4.78, 5) is 0. The summed E-state index contributed by atoms with van der Waals surface area (Å²) in [6, 6.07) is 55.3. The fourth-order valence-corrected chi connectivity index (χ4v) is 17.7. The Morgan fingerprint density at radius 2 is 0.487 bits per heavy atom. The van der Waals surface area contributed by atoms with Crippen molar-refractivity contribution < 1.29 is 39.4 Å². The highest BCUT2D eigenvalue weighted by molar-refractivity contribution is 5.59. The minimum absolute atomic E-state index is 0.00379. The van der Waals surface area contributed by atoms with Crippen LogP contribution < -0.4 is 41.9 Å². The van der Waals surface area contributed by atoms with Crippen molar-refractivity contribution in [2.24, 2.45) is 22.7 Å². The van der Waals surface area contributed by atoms with Gasteiger partial charge in [0.25, 0.3) is 0 Å². The lowest BCUT2D eigenvalue weighted by molar-refractivity contribution is -0.224. The van der Waals surface area contributed by atoms with Crippen molar-refractivity contribution in [2.45, 2.75) is 98.7 Å². The van der Waals surface area contributed by atoms with Crippen LogP contribution in [0.5, 0.6) is 69.0 Å². The molecule has 4 atom stereocenters. The maximum atomic E-state index is 10.4. The highest BCUT2D eigenvalue weighted by Crippen LogP contribution is 2.82. The van der Waals surface area contributed by atoms with E-state index in [9.17, 15) is 20.4 Å². The Balaban J connectivity index is 0.871. The van der Waals surface area contributed by atoms with Gasteiger partial charge in [-0.2, -0.15) is 0 Å². The Bertz CT molecular complexity index is 3250. The van der Waals surface area contributed by atoms with Gasteiger partial charge >= 0.3 is 0 Å². The van der Waals surface area contributed by atoms with Crippen LogP contribution in [0.15, 0.2) is 170 Å². The summed E-state index contributed by atoms with van der Waals surface area (Å²) in [5.74, 6) is 5.87. The first-order chi connectivity index (χ1) is 38.5. The van der Waals surface area contributed by atoms with E-state index >= 15 is 0 Å². The van der Waals surface area contributed by atoms with Crippen LogP contribution in [0, 0.1) is 22.7 Å². The van der Waals surface area contributed by atoms with E-state index in [1.165, 1.54) is 35.1 Å². The Morgan fingerprint density at radius 3 is 0.700 bits per heavy atom. The molecule has 0 aromatic heterocycles. The molecule has 0 saturated heterocycles. The van der Waals surface area contributed by atoms with Crippen molar-refractivity contribution in [3.05, 3.63) is 192 Å². The average molecular weight is 1070 g/mol. The van der Waals surface area contributed by atoms with E-state index in [-0.39, 0.29) is 55.5 Å². The van der Waals surface area contributed by atoms with Gasteiger partial charge in [0.15, 0.2) is 0 Å². The van der Waals surface area contributed by atoms with Crippen LogP contribution in [-0.4, -0.2) is 20.4 Å². The second-order valence-electron chi connectivity index (χ2n) is 25.1. The van der Waals surface area contributed by atoms with E-state index in [1.807, 2.05) is 0 Å². The van der Waals surface area contributed by atoms with Crippen molar-refractivity contribution in [3.8, 4) is 69.0 Å². The van der Waals surface area contributed by atoms with E-state index in [0.717, 1.165) is 64.2 Å². The number of nitrogens with two attached hydrogens (primary N) is 4. The molecule has 0 aliphatic heterocycles. The van der Waals surface area contributed by atoms with Crippen LogP contribution in [0.25, 0.3) is 0 Å². The molecular formula is C68H66N4O8. The van der Waals surface area contributed by atoms with Gasteiger partial charge in [0.1, 0.15) is 69.0 Å². The third-order valence-electron chi connectivity index (χ3n) is 20.1. The standard InChI is InChI=1S/C68H66N4O8/c69-55-21-17-51(25-59(55)73)77-47-9-1-43(2-10-47)63-29-41-30-64(35-63,44-3-11-48(12-4-44)78-52-18-22-56(70)60(74)26-52)38-67(33-41,37-63)68-34-42-31-65(39-68,45-5-13-49(14-6-45)79-53-19-23-57(71)61(75)27-53)36-66(32-42,40-68)46-7-15-50(16-8-46)80-54-20-24-58(72)62(76)28-54/h1-28,41-42,73-76H,29-40,69-72H2. The number of phenols is 4. The summed E-state index contributed by atoms with van der Waals surface area (Å²) in [5.41, 5.74) is 30.0. The maximum Gasteiger partial charge on any atom is 0.142 e. The highest BCUT2D eigenvalue weighted by Gasteiger charge is 2.75. The maximum absolute atomic E-state index is 10.4. The van der Waals surface area contributed by atoms with Gasteiger partial charge in [-0.1, -0.05) is 48.5 Å². The van der Waals surface area contributed by atoms with Gasteiger partial charge in [-0.15, -0.1) is 0 Å². The smallest absolute Gasteiger partial charge is 0.142 e. The summed E-state index contributed by atoms with van der Waals surface area (Å²) >= 11 is 0. The first-order valence-corrected chi connectivity index (χ1v) is 28.0. The number of hydrogen-bond acceptors (Lipinski definition) is 12. The fraction of sp³-hybridized carbons (Fsp3) is 0.294. The van der Waals surface area contributed by atoms with Gasteiger partial charge in [-0.3, -0.25) is 0 Å². The van der Waals surface area contributed by atoms with Crippen LogP contribution in [0.1, 0.15) is 99.3 Å². The molecule has 0 radical (unpaired) electrons. The SMILES string of the molecule is Nc1ccc(Oc2ccc(C34CC5CC(c6ccc(Oc7ccc(N)c(O)c7)cc6)(C3)CC(C36CC7CC(c8ccc(Oc9ccc(N)c(O)c9)cc8)(CC(c8ccc(Oc9ccc(N)c(O)c9)cc8)(C7)C3)C6)(C5)C4)cc2)cc1O. The number of rotatable bonds is 13. The number of phenolic OH excluding ortho intramolecular Hbond substituents is 4. The molecule has 8 bridgehead atoms. The van der Waals surface area contributed by atoms with E-state index in [0.29, 0.717) is 80.6 Å². The molecule has 8 fully saturated rings. The monoisotopic (exact) mass is 1070 g/mol. The number of ether oxygens (including phenoxy) is 4. The minimum Gasteiger partial charge on any atom is -0.506 e. The van der Waals surface area contributed by atoms with Crippen LogP contribution >= 0.6 is 0 Å². The van der Waals surface area contributed by atoms with Crippen molar-refractivity contribution >= 4 is 22.7 Å². The molecule has 12 heteroatoms. The molecule has 0 amide bonds. The number of aromatic hydroxyl groups is 4. The largest absolute Gasteiger partial charge is 0.506 e. The van der Waals surface area contributed by atoms with Gasteiger partial charge in [0.2, 0.25) is 0 Å². The topological polar surface area (TPSA) is 222 Å². The molecule has 406 valence electrons. The Kier molecular flexibility index (Phi) is 11.1. The van der Waals surface area contributed by atoms with E-state index < -0.39 is 0 Å². The van der Waals surface area contributed by atoms with Crippen molar-refractivity contribution in [1.29, 1.82) is 0 Å². The number of nitrogen functional groups attached to an aromatic ring is 4. The quantitative estimate of drug-likeness (QED) is 0.0399. The molecule has 12 nitrogen and oxygen atoms in total. The Labute approximate surface area is 465 Å². The van der Waals surface area contributed by atoms with Crippen LogP contribution in [0.3, 0.4) is 0 Å². The molecule has 8 saturated carbocycles. The Morgan fingerprint density at radius 1 is 0.275 bits per heavy atom. The molecule has 8 aromatic rings. The lowest BCUT2D eigenvalue weighted by atomic mass is 9.26. The molecule has 8 aliphatic rings. The van der Waals surface area contributed by atoms with Crippen LogP contribution in [0.4, 0.5) is 22.7 Å². The Hall–Kier alpha value is -8.64. The third-order valence-corrected chi connectivity index (χ3v) is 20.1. The number of anilines is 4. The average Bonchev–Trinajstić information content (AvgIpc) is 3.61.